The lowest BCUT2D eigenvalue weighted by atomic mass is 9.70. The Morgan fingerprint density at radius 1 is 0.872 bits per heavy atom. The topological polar surface area (TPSA) is 80.7 Å². The first-order valence-corrected chi connectivity index (χ1v) is 17.2. The van der Waals surface area contributed by atoms with Crippen LogP contribution in [-0.4, -0.2) is 31.1 Å². The van der Waals surface area contributed by atoms with Crippen LogP contribution in [0.15, 0.2) is 29.8 Å². The van der Waals surface area contributed by atoms with E-state index in [9.17, 15) is 17.8 Å². The van der Waals surface area contributed by atoms with Crippen molar-refractivity contribution in [2.75, 3.05) is 12.4 Å². The Balaban J connectivity index is 1.32. The largest absolute Gasteiger partial charge is 0.494 e. The van der Waals surface area contributed by atoms with Gasteiger partial charge in [0.1, 0.15) is 5.75 Å². The summed E-state index contributed by atoms with van der Waals surface area (Å²) in [5.74, 6) is 0.211. The summed E-state index contributed by atoms with van der Waals surface area (Å²) in [6.45, 7) is 6.91. The number of benzene rings is 1. The molecule has 0 amide bonds. The molecule has 2 atom stereocenters. The number of unbranched alkanes of at least 4 members (excludes halogenated alkanes) is 13. The molecule has 1 N–H and O–H groups in total. The molecule has 3 rings (SSSR count). The molecule has 0 aromatic heterocycles. The molecule has 0 heterocycles. The molecule has 2 fully saturated rings. The fourth-order valence-corrected chi connectivity index (χ4v) is 8.19. The zero-order valence-corrected chi connectivity index (χ0v) is 25.5. The fraction of sp³-hybridized carbons (Fsp3) is 0.727. The fourth-order valence-electron chi connectivity index (χ4n) is 6.92. The average molecular weight is 561 g/mol. The molecule has 2 aliphatic carbocycles. The lowest BCUT2D eigenvalue weighted by molar-refractivity contribution is -0.125. The van der Waals surface area contributed by atoms with Gasteiger partial charge in [-0.15, -0.1) is 0 Å². The summed E-state index contributed by atoms with van der Waals surface area (Å²) in [7, 11) is -4.25. The van der Waals surface area contributed by atoms with E-state index in [2.05, 4.69) is 6.92 Å². The number of fused-ring (bicyclic) bond motifs is 2. The molecule has 0 saturated heterocycles. The maximum atomic E-state index is 13.4. The number of carbonyl (C=O) groups is 1. The van der Waals surface area contributed by atoms with Gasteiger partial charge in [0.05, 0.1) is 17.8 Å². The Hall–Kier alpha value is -1.66. The van der Waals surface area contributed by atoms with Crippen LogP contribution in [0.3, 0.4) is 0 Å². The third-order valence-electron chi connectivity index (χ3n) is 9.43. The molecule has 0 spiro atoms. The first-order chi connectivity index (χ1) is 18.6. The average Bonchev–Trinajstić information content (AvgIpc) is 3.21. The second-order valence-electron chi connectivity index (χ2n) is 12.6. The van der Waals surface area contributed by atoms with Crippen molar-refractivity contribution < 1.29 is 22.5 Å². The maximum Gasteiger partial charge on any atom is 0.265 e. The highest BCUT2D eigenvalue weighted by atomic mass is 32.2. The van der Waals surface area contributed by atoms with Crippen LogP contribution in [0.4, 0.5) is 0 Å². The van der Waals surface area contributed by atoms with Crippen molar-refractivity contribution in [3.63, 3.8) is 0 Å². The van der Waals surface area contributed by atoms with Gasteiger partial charge in [-0.2, -0.15) is 8.42 Å². The Kier molecular flexibility index (Phi) is 12.1. The second kappa shape index (κ2) is 14.8. The molecule has 5 nitrogen and oxygen atoms in total. The lowest BCUT2D eigenvalue weighted by Crippen LogP contribution is -2.42. The van der Waals surface area contributed by atoms with Gasteiger partial charge in [-0.25, -0.2) is 0 Å². The first kappa shape index (κ1) is 31.9. The van der Waals surface area contributed by atoms with E-state index in [0.717, 1.165) is 24.2 Å². The van der Waals surface area contributed by atoms with Crippen LogP contribution in [0.1, 0.15) is 129 Å². The van der Waals surface area contributed by atoms with Crippen molar-refractivity contribution >= 4 is 22.0 Å². The molecule has 2 saturated carbocycles. The first-order valence-electron chi connectivity index (χ1n) is 15.6. The third-order valence-corrected chi connectivity index (χ3v) is 10.3. The smallest absolute Gasteiger partial charge is 0.265 e. The van der Waals surface area contributed by atoms with E-state index in [0.29, 0.717) is 18.6 Å². The number of carbonyl (C=O) groups excluding carboxylic acids is 1. The molecule has 39 heavy (non-hydrogen) atoms. The Bertz CT molecular complexity index is 1040. The van der Waals surface area contributed by atoms with Crippen LogP contribution in [0.5, 0.6) is 5.75 Å². The van der Waals surface area contributed by atoms with Crippen molar-refractivity contribution in [2.45, 2.75) is 124 Å². The van der Waals surface area contributed by atoms with Crippen molar-refractivity contribution in [3.8, 4) is 5.75 Å². The zero-order chi connectivity index (χ0) is 28.4. The van der Waals surface area contributed by atoms with Crippen LogP contribution < -0.4 is 4.74 Å². The van der Waals surface area contributed by atoms with Crippen LogP contribution >= 0.6 is 0 Å². The minimum Gasteiger partial charge on any atom is -0.494 e. The number of rotatable bonds is 19. The third kappa shape index (κ3) is 8.66. The van der Waals surface area contributed by atoms with Crippen molar-refractivity contribution in [1.29, 1.82) is 0 Å². The highest BCUT2D eigenvalue weighted by Crippen LogP contribution is 2.66. The monoisotopic (exact) mass is 560 g/mol. The van der Waals surface area contributed by atoms with E-state index in [1.807, 2.05) is 44.2 Å². The van der Waals surface area contributed by atoms with Gasteiger partial charge in [0.15, 0.2) is 5.78 Å². The number of hydrogen-bond donors (Lipinski definition) is 1. The SMILES string of the molecule is CCCCCCCCCCCCCCCCOc1ccc(C=C2C(=O)C3(CS(=O)(=O)O)CCC2C3(C)C)cc1. The number of ketones is 1. The summed E-state index contributed by atoms with van der Waals surface area (Å²) in [6, 6.07) is 7.78. The molecule has 220 valence electrons. The Labute approximate surface area is 237 Å². The van der Waals surface area contributed by atoms with E-state index in [-0.39, 0.29) is 11.7 Å². The van der Waals surface area contributed by atoms with Crippen LogP contribution in [0, 0.1) is 16.7 Å². The van der Waals surface area contributed by atoms with Gasteiger partial charge in [0.2, 0.25) is 0 Å². The summed E-state index contributed by atoms with van der Waals surface area (Å²) >= 11 is 0. The van der Waals surface area contributed by atoms with Gasteiger partial charge in [-0.1, -0.05) is 116 Å². The predicted octanol–water partition coefficient (Wildman–Crippen LogP) is 8.82. The molecule has 0 radical (unpaired) electrons. The van der Waals surface area contributed by atoms with Gasteiger partial charge in [0, 0.05) is 5.57 Å². The van der Waals surface area contributed by atoms with E-state index >= 15 is 0 Å². The minimum absolute atomic E-state index is 0.00277. The van der Waals surface area contributed by atoms with Crippen molar-refractivity contribution in [3.05, 3.63) is 35.4 Å². The van der Waals surface area contributed by atoms with Crippen LogP contribution in [0.25, 0.3) is 6.08 Å². The summed E-state index contributed by atoms with van der Waals surface area (Å²) in [5, 5.41) is 0. The molecule has 6 heteroatoms. The number of allylic oxidation sites excluding steroid dienone is 1. The maximum absolute atomic E-state index is 13.4. The molecular formula is C33H52O5S. The molecule has 1 aromatic carbocycles. The number of ether oxygens (including phenoxy) is 1. The summed E-state index contributed by atoms with van der Waals surface area (Å²) in [5.41, 5.74) is 0.0641. The molecule has 2 bridgehead atoms. The van der Waals surface area contributed by atoms with E-state index < -0.39 is 26.7 Å². The van der Waals surface area contributed by atoms with Gasteiger partial charge in [-0.05, 0) is 54.4 Å². The van der Waals surface area contributed by atoms with Crippen LogP contribution in [0.2, 0.25) is 0 Å². The predicted molar refractivity (Wildman–Crippen MR) is 161 cm³/mol. The van der Waals surface area contributed by atoms with Gasteiger partial charge < -0.3 is 4.74 Å². The zero-order valence-electron chi connectivity index (χ0n) is 24.7. The normalized spacial score (nSPS) is 23.1. The van der Waals surface area contributed by atoms with E-state index in [4.69, 9.17) is 4.74 Å². The molecule has 2 unspecified atom stereocenters. The van der Waals surface area contributed by atoms with Crippen LogP contribution in [-0.2, 0) is 14.9 Å². The van der Waals surface area contributed by atoms with Gasteiger partial charge in [-0.3, -0.25) is 9.35 Å². The van der Waals surface area contributed by atoms with Gasteiger partial charge in [0.25, 0.3) is 10.1 Å². The highest BCUT2D eigenvalue weighted by molar-refractivity contribution is 7.85. The summed E-state index contributed by atoms with van der Waals surface area (Å²) in [6.07, 6.45) is 21.9. The van der Waals surface area contributed by atoms with Crippen molar-refractivity contribution in [1.82, 2.24) is 0 Å². The quantitative estimate of drug-likeness (QED) is 0.104. The number of hydrogen-bond acceptors (Lipinski definition) is 4. The summed E-state index contributed by atoms with van der Waals surface area (Å²) < 4.78 is 38.9. The standard InChI is InChI=1S/C33H52O5S/c1-4-5-6-7-8-9-10-11-12-13-14-15-16-17-24-38-28-20-18-27(19-21-28)25-29-30-22-23-33(31(29)34,32(30,2)3)26-39(35,36)37/h18-21,25,30H,4-17,22-24,26H2,1-3H3,(H,35,36,37). The highest BCUT2D eigenvalue weighted by Gasteiger charge is 2.67. The Morgan fingerprint density at radius 3 is 1.90 bits per heavy atom. The van der Waals surface area contributed by atoms with Gasteiger partial charge >= 0.3 is 0 Å². The molecule has 2 aliphatic rings. The van der Waals surface area contributed by atoms with E-state index in [1.165, 1.54) is 83.5 Å². The van der Waals surface area contributed by atoms with Crippen molar-refractivity contribution in [2.24, 2.45) is 16.7 Å². The van der Waals surface area contributed by atoms with E-state index in [1.54, 1.807) is 0 Å². The summed E-state index contributed by atoms with van der Waals surface area (Å²) in [4.78, 5) is 13.4. The lowest BCUT2D eigenvalue weighted by Gasteiger charge is -2.34. The Morgan fingerprint density at radius 2 is 1.38 bits per heavy atom. The molecule has 1 aromatic rings. The second-order valence-corrected chi connectivity index (χ2v) is 14.0. The minimum atomic E-state index is -4.25. The molecular weight excluding hydrogens is 508 g/mol. The number of Topliss-reactive ketones (excluding diaryl/α,β-unsaturated/α-hetero) is 1. The molecule has 0 aliphatic heterocycles.